The Kier molecular flexibility index (Phi) is 21.9. The molecule has 1 rings (SSSR count). The molecule has 1 aromatic carbocycles. The number of halogens is 1. The Morgan fingerprint density at radius 3 is 2.12 bits per heavy atom. The number of nitrogens with two attached hydrogens (primary N) is 1. The summed E-state index contributed by atoms with van der Waals surface area (Å²) in [6.07, 6.45) is 1.77. The fourth-order valence-corrected chi connectivity index (χ4v) is 6.32. The lowest BCUT2D eigenvalue weighted by Gasteiger charge is -2.25. The summed E-state index contributed by atoms with van der Waals surface area (Å²) in [5.74, 6) is -5.20. The molecule has 18 heteroatoms. The predicted octanol–water partition coefficient (Wildman–Crippen LogP) is 5.23. The van der Waals surface area contributed by atoms with Crippen LogP contribution in [0.25, 0.3) is 0 Å². The Morgan fingerprint density at radius 1 is 0.964 bits per heavy atom. The summed E-state index contributed by atoms with van der Waals surface area (Å²) < 4.78 is 48.6. The first kappa shape index (κ1) is 49.4. The first-order valence-electron chi connectivity index (χ1n) is 18.3. The number of ketones is 1. The molecule has 3 atom stereocenters. The summed E-state index contributed by atoms with van der Waals surface area (Å²) in [6.45, 7) is 14.5. The number of nitrogens with one attached hydrogen (secondary N) is 3. The minimum Gasteiger partial charge on any atom is -0.481 e. The molecule has 0 bridgehead atoms. The Balaban J connectivity index is 3.43. The third-order valence-electron chi connectivity index (χ3n) is 7.73. The molecule has 0 aliphatic rings. The summed E-state index contributed by atoms with van der Waals surface area (Å²) in [5, 5.41) is 16.9. The predicted molar refractivity (Wildman–Crippen MR) is 206 cm³/mol. The molecule has 16 nitrogen and oxygen atoms in total. The van der Waals surface area contributed by atoms with E-state index in [1.807, 2.05) is 13.8 Å². The van der Waals surface area contributed by atoms with E-state index in [-0.39, 0.29) is 69.1 Å². The number of hydrogen-bond acceptors (Lipinski definition) is 11. The number of rotatable bonds is 28. The van der Waals surface area contributed by atoms with Gasteiger partial charge in [0, 0.05) is 37.3 Å². The van der Waals surface area contributed by atoms with Crippen molar-refractivity contribution < 1.29 is 61.1 Å². The molecule has 0 aromatic heterocycles. The third kappa shape index (κ3) is 20.4. The molecule has 56 heavy (non-hydrogen) atoms. The quantitative estimate of drug-likeness (QED) is 0.0416. The Morgan fingerprint density at radius 2 is 1.59 bits per heavy atom. The lowest BCUT2D eigenvalue weighted by Crippen LogP contribution is -2.54. The van der Waals surface area contributed by atoms with E-state index in [0.717, 1.165) is 0 Å². The maximum atomic E-state index is 14.4. The Labute approximate surface area is 328 Å². The summed E-state index contributed by atoms with van der Waals surface area (Å²) in [6, 6.07) is 1.60. The van der Waals surface area contributed by atoms with Gasteiger partial charge in [0.05, 0.1) is 19.6 Å². The van der Waals surface area contributed by atoms with Crippen LogP contribution in [0.1, 0.15) is 90.7 Å². The minimum atomic E-state index is -4.25. The molecule has 4 amide bonds. The number of alkyl halides is 1. The fraction of sp³-hybridized carbons (Fsp3) is 0.579. The normalized spacial score (nSPS) is 13.1. The van der Waals surface area contributed by atoms with Crippen LogP contribution in [-0.4, -0.2) is 78.1 Å². The number of phosphoric ester groups is 1. The van der Waals surface area contributed by atoms with Gasteiger partial charge in [-0.15, -0.1) is 13.2 Å². The molecule has 6 N–H and O–H groups in total. The zero-order valence-electron chi connectivity index (χ0n) is 32.9. The van der Waals surface area contributed by atoms with Gasteiger partial charge < -0.3 is 36.1 Å². The van der Waals surface area contributed by atoms with Crippen molar-refractivity contribution in [3.63, 3.8) is 0 Å². The largest absolute Gasteiger partial charge is 0.530 e. The number of primary amides is 1. The monoisotopic (exact) mass is 812 g/mol. The number of phosphoric acid groups is 1. The molecular weight excluding hydrogens is 754 g/mol. The molecular formula is C38H58FN4O12P. The van der Waals surface area contributed by atoms with E-state index < -0.39 is 80.1 Å². The SMILES string of the molecule is C=CCOP(=O)(OCC=C)Oc1ccc(CC(NC(=O)C(CCCCNC(=O)OC(C)(C)C)CC(=O)CCC(=O)O)C(=O)NC(CC(C)C)C(N)=O)cc1CF. The first-order valence-corrected chi connectivity index (χ1v) is 19.8. The Hall–Kier alpha value is -4.60. The molecule has 0 heterocycles. The van der Waals surface area contributed by atoms with Crippen LogP contribution in [0.3, 0.4) is 0 Å². The van der Waals surface area contributed by atoms with E-state index in [0.29, 0.717) is 18.4 Å². The second-order valence-electron chi connectivity index (χ2n) is 14.4. The highest BCUT2D eigenvalue weighted by atomic mass is 31.2. The number of hydrogen-bond donors (Lipinski definition) is 5. The molecule has 0 radical (unpaired) electrons. The van der Waals surface area contributed by atoms with Gasteiger partial charge >= 0.3 is 19.9 Å². The van der Waals surface area contributed by atoms with Crippen molar-refractivity contribution in [2.45, 2.75) is 110 Å². The molecule has 0 fully saturated rings. The maximum Gasteiger partial charge on any atom is 0.530 e. The minimum absolute atomic E-state index is 0.0478. The summed E-state index contributed by atoms with van der Waals surface area (Å²) >= 11 is 0. The van der Waals surface area contributed by atoms with Crippen LogP contribution < -0.4 is 26.2 Å². The number of amides is 4. The zero-order valence-corrected chi connectivity index (χ0v) is 33.8. The van der Waals surface area contributed by atoms with E-state index in [1.54, 1.807) is 20.8 Å². The van der Waals surface area contributed by atoms with Gasteiger partial charge in [0.1, 0.15) is 35.9 Å². The standard InChI is InChI=1S/C38H58FN4O12P/c1-8-18-52-56(51,53-19-9-2)55-32-15-13-26(21-28(32)24-39)22-31(36(49)42-30(34(40)47)20-25(3)4)43-35(48)27(23-29(44)14-16-33(45)46)12-10-11-17-41-37(50)54-38(5,6)7/h8-9,13,15,21,25,27,30-31H,1-2,10-12,14,16-20,22-24H2,3-7H3,(H2,40,47)(H,41,50)(H,42,49)(H,43,48)(H,45,46). The van der Waals surface area contributed by atoms with Gasteiger partial charge in [-0.2, -0.15) is 0 Å². The number of carboxylic acids is 1. The number of benzene rings is 1. The van der Waals surface area contributed by atoms with Crippen LogP contribution in [0.5, 0.6) is 5.75 Å². The van der Waals surface area contributed by atoms with Gasteiger partial charge in [0.25, 0.3) is 0 Å². The highest BCUT2D eigenvalue weighted by Gasteiger charge is 2.32. The van der Waals surface area contributed by atoms with Gasteiger partial charge in [-0.25, -0.2) is 13.8 Å². The van der Waals surface area contributed by atoms with Crippen LogP contribution in [-0.2, 0) is 55.4 Å². The highest BCUT2D eigenvalue weighted by Crippen LogP contribution is 2.50. The van der Waals surface area contributed by atoms with E-state index in [4.69, 9.17) is 29.1 Å². The van der Waals surface area contributed by atoms with Crippen molar-refractivity contribution in [1.29, 1.82) is 0 Å². The average molecular weight is 813 g/mol. The lowest BCUT2D eigenvalue weighted by atomic mass is 9.92. The molecule has 0 saturated heterocycles. The van der Waals surface area contributed by atoms with E-state index >= 15 is 0 Å². The van der Waals surface area contributed by atoms with Crippen molar-refractivity contribution in [2.24, 2.45) is 17.6 Å². The van der Waals surface area contributed by atoms with Crippen molar-refractivity contribution in [1.82, 2.24) is 16.0 Å². The van der Waals surface area contributed by atoms with E-state index in [1.165, 1.54) is 30.4 Å². The molecule has 1 aromatic rings. The summed E-state index contributed by atoms with van der Waals surface area (Å²) in [4.78, 5) is 75.8. The zero-order chi connectivity index (χ0) is 42.5. The van der Waals surface area contributed by atoms with Crippen LogP contribution in [0, 0.1) is 11.8 Å². The van der Waals surface area contributed by atoms with Crippen LogP contribution in [0.2, 0.25) is 0 Å². The molecule has 0 aliphatic heterocycles. The second kappa shape index (κ2) is 24.8. The highest BCUT2D eigenvalue weighted by molar-refractivity contribution is 7.48. The number of unbranched alkanes of at least 4 members (excludes halogenated alkanes) is 1. The van der Waals surface area contributed by atoms with Crippen molar-refractivity contribution in [3.05, 3.63) is 54.6 Å². The van der Waals surface area contributed by atoms with Crippen molar-refractivity contribution >= 4 is 43.4 Å². The number of alkyl carbamates (subject to hydrolysis) is 1. The van der Waals surface area contributed by atoms with Crippen LogP contribution in [0.15, 0.2) is 43.5 Å². The molecule has 3 unspecified atom stereocenters. The van der Waals surface area contributed by atoms with Gasteiger partial charge in [0.15, 0.2) is 0 Å². The van der Waals surface area contributed by atoms with Gasteiger partial charge in [-0.05, 0) is 63.6 Å². The number of ether oxygens (including phenoxy) is 1. The van der Waals surface area contributed by atoms with Crippen LogP contribution >= 0.6 is 7.82 Å². The number of aliphatic carboxylic acids is 1. The summed E-state index contributed by atoms with van der Waals surface area (Å²) in [7, 11) is -4.25. The lowest BCUT2D eigenvalue weighted by molar-refractivity contribution is -0.139. The number of Topliss-reactive ketones (excluding diaryl/α,β-unsaturated/α-hetero) is 1. The topological polar surface area (TPSA) is 239 Å². The number of carboxylic acid groups (broad SMARTS) is 1. The third-order valence-corrected chi connectivity index (χ3v) is 9.08. The Bertz CT molecular complexity index is 1550. The number of carbonyl (C=O) groups excluding carboxylic acids is 5. The number of carbonyl (C=O) groups is 6. The van der Waals surface area contributed by atoms with Crippen molar-refractivity contribution in [2.75, 3.05) is 19.8 Å². The van der Waals surface area contributed by atoms with E-state index in [2.05, 4.69) is 29.1 Å². The molecule has 0 spiro atoms. The van der Waals surface area contributed by atoms with Crippen molar-refractivity contribution in [3.8, 4) is 5.75 Å². The smallest absolute Gasteiger partial charge is 0.481 e. The molecule has 0 aliphatic carbocycles. The van der Waals surface area contributed by atoms with E-state index in [9.17, 15) is 37.7 Å². The van der Waals surface area contributed by atoms with Gasteiger partial charge in [-0.3, -0.25) is 33.0 Å². The molecule has 0 saturated carbocycles. The first-order chi connectivity index (χ1) is 26.2. The van der Waals surface area contributed by atoms with Gasteiger partial charge in [-0.1, -0.05) is 38.5 Å². The average Bonchev–Trinajstić information content (AvgIpc) is 3.10. The fourth-order valence-electron chi connectivity index (χ4n) is 5.15. The molecule has 314 valence electrons. The van der Waals surface area contributed by atoms with Crippen LogP contribution in [0.4, 0.5) is 9.18 Å². The summed E-state index contributed by atoms with van der Waals surface area (Å²) in [5.41, 5.74) is 5.10. The second-order valence-corrected chi connectivity index (χ2v) is 16.0. The van der Waals surface area contributed by atoms with Gasteiger partial charge in [0.2, 0.25) is 17.7 Å². The maximum absolute atomic E-state index is 14.4.